The van der Waals surface area contributed by atoms with Gasteiger partial charge < -0.3 is 5.32 Å². The number of nitrogens with one attached hydrogen (secondary N) is 1. The summed E-state index contributed by atoms with van der Waals surface area (Å²) < 4.78 is 1.72. The fourth-order valence-electron chi connectivity index (χ4n) is 2.06. The Morgan fingerprint density at radius 1 is 1.17 bits per heavy atom. The second-order valence-corrected chi connectivity index (χ2v) is 6.07. The van der Waals surface area contributed by atoms with Gasteiger partial charge in [0.15, 0.2) is 0 Å². The highest BCUT2D eigenvalue weighted by Gasteiger charge is 2.09. The summed E-state index contributed by atoms with van der Waals surface area (Å²) in [4.78, 5) is 16.5. The van der Waals surface area contributed by atoms with Crippen molar-refractivity contribution in [2.75, 3.05) is 11.1 Å². The Hall–Kier alpha value is -2.60. The van der Waals surface area contributed by atoms with E-state index in [0.717, 1.165) is 16.5 Å². The molecule has 0 spiro atoms. The molecule has 0 aliphatic rings. The van der Waals surface area contributed by atoms with Crippen LogP contribution < -0.4 is 5.32 Å². The Kier molecular flexibility index (Phi) is 4.73. The molecule has 2 heterocycles. The summed E-state index contributed by atoms with van der Waals surface area (Å²) in [6, 6.07) is 13.4. The Bertz CT molecular complexity index is 784. The van der Waals surface area contributed by atoms with Crippen LogP contribution in [0.4, 0.5) is 5.69 Å². The molecule has 0 radical (unpaired) electrons. The summed E-state index contributed by atoms with van der Waals surface area (Å²) in [7, 11) is 0. The van der Waals surface area contributed by atoms with E-state index in [2.05, 4.69) is 22.3 Å². The van der Waals surface area contributed by atoms with E-state index >= 15 is 0 Å². The number of carbonyl (C=O) groups excluding carboxylic acids is 1. The molecular formula is C17H16N4OS. The molecule has 0 aliphatic carbocycles. The van der Waals surface area contributed by atoms with Gasteiger partial charge in [-0.25, -0.2) is 9.67 Å². The Morgan fingerprint density at radius 3 is 2.70 bits per heavy atom. The third kappa shape index (κ3) is 3.78. The topological polar surface area (TPSA) is 59.8 Å². The molecule has 6 heteroatoms. The van der Waals surface area contributed by atoms with Gasteiger partial charge in [0.1, 0.15) is 0 Å². The monoisotopic (exact) mass is 324 g/mol. The van der Waals surface area contributed by atoms with Crippen molar-refractivity contribution in [2.24, 2.45) is 0 Å². The van der Waals surface area contributed by atoms with Crippen molar-refractivity contribution in [3.05, 3.63) is 66.6 Å². The van der Waals surface area contributed by atoms with Crippen LogP contribution in [0.5, 0.6) is 0 Å². The molecule has 0 bridgehead atoms. The summed E-state index contributed by atoms with van der Waals surface area (Å²) in [5.41, 5.74) is 2.11. The van der Waals surface area contributed by atoms with Crippen LogP contribution in [0.15, 0.2) is 66.1 Å². The average Bonchev–Trinajstić information content (AvgIpc) is 3.05. The molecule has 5 nitrogen and oxygen atoms in total. The van der Waals surface area contributed by atoms with Crippen molar-refractivity contribution in [1.29, 1.82) is 0 Å². The van der Waals surface area contributed by atoms with Crippen LogP contribution in [0.3, 0.4) is 0 Å². The van der Waals surface area contributed by atoms with Gasteiger partial charge in [-0.1, -0.05) is 25.1 Å². The second kappa shape index (κ2) is 7.11. The van der Waals surface area contributed by atoms with Gasteiger partial charge in [0, 0.05) is 6.20 Å². The predicted molar refractivity (Wildman–Crippen MR) is 92.2 cm³/mol. The van der Waals surface area contributed by atoms with Crippen LogP contribution in [0.25, 0.3) is 5.69 Å². The van der Waals surface area contributed by atoms with Gasteiger partial charge in [-0.15, -0.1) is 11.8 Å². The first kappa shape index (κ1) is 15.3. The van der Waals surface area contributed by atoms with Crippen LogP contribution in [0.1, 0.15) is 17.3 Å². The molecule has 3 aromatic rings. The number of anilines is 1. The second-order valence-electron chi connectivity index (χ2n) is 4.78. The lowest BCUT2D eigenvalue weighted by Crippen LogP contribution is -2.11. The Balaban J connectivity index is 1.69. The number of para-hydroxylation sites is 1. The Labute approximate surface area is 138 Å². The minimum absolute atomic E-state index is 0.196. The van der Waals surface area contributed by atoms with Crippen LogP contribution in [-0.2, 0) is 0 Å². The molecule has 0 saturated heterocycles. The van der Waals surface area contributed by atoms with Crippen LogP contribution in [-0.4, -0.2) is 26.4 Å². The van der Waals surface area contributed by atoms with Gasteiger partial charge in [0.2, 0.25) is 0 Å². The zero-order chi connectivity index (χ0) is 16.1. The molecule has 2 aromatic heterocycles. The van der Waals surface area contributed by atoms with Crippen LogP contribution in [0.2, 0.25) is 0 Å². The molecule has 1 N–H and O–H groups in total. The molecular weight excluding hydrogens is 308 g/mol. The minimum Gasteiger partial charge on any atom is -0.319 e. The number of nitrogens with zero attached hydrogens (tertiary/aromatic N) is 3. The highest BCUT2D eigenvalue weighted by Crippen LogP contribution is 2.16. The number of pyridine rings is 1. The van der Waals surface area contributed by atoms with E-state index in [4.69, 9.17) is 0 Å². The molecule has 3 rings (SSSR count). The number of aromatic nitrogens is 3. The lowest BCUT2D eigenvalue weighted by Gasteiger charge is -2.03. The first-order valence-electron chi connectivity index (χ1n) is 7.26. The zero-order valence-corrected chi connectivity index (χ0v) is 13.5. The molecule has 1 aromatic carbocycles. The molecule has 0 saturated carbocycles. The molecule has 0 fully saturated rings. The van der Waals surface area contributed by atoms with Crippen molar-refractivity contribution in [3.8, 4) is 5.69 Å². The predicted octanol–water partition coefficient (Wildman–Crippen LogP) is 3.63. The maximum absolute atomic E-state index is 12.2. The number of amides is 1. The van der Waals surface area contributed by atoms with Gasteiger partial charge in [0.25, 0.3) is 5.91 Å². The molecule has 116 valence electrons. The Morgan fingerprint density at radius 2 is 2.00 bits per heavy atom. The fourth-order valence-corrected chi connectivity index (χ4v) is 2.65. The first-order chi connectivity index (χ1) is 11.3. The number of carbonyl (C=O) groups is 1. The number of hydrogen-bond acceptors (Lipinski definition) is 4. The maximum Gasteiger partial charge on any atom is 0.257 e. The van der Waals surface area contributed by atoms with E-state index in [1.54, 1.807) is 41.1 Å². The third-order valence-corrected chi connectivity index (χ3v) is 3.98. The van der Waals surface area contributed by atoms with E-state index in [0.29, 0.717) is 11.3 Å². The largest absolute Gasteiger partial charge is 0.319 e. The van der Waals surface area contributed by atoms with Gasteiger partial charge in [0.05, 0.1) is 34.4 Å². The maximum atomic E-state index is 12.2. The third-order valence-electron chi connectivity index (χ3n) is 3.15. The number of thioether (sulfide) groups is 1. The average molecular weight is 324 g/mol. The van der Waals surface area contributed by atoms with Crippen molar-refractivity contribution in [2.45, 2.75) is 11.9 Å². The molecule has 1 amide bonds. The lowest BCUT2D eigenvalue weighted by atomic mass is 10.2. The number of rotatable bonds is 5. The number of benzene rings is 1. The quantitative estimate of drug-likeness (QED) is 0.728. The van der Waals surface area contributed by atoms with E-state index in [1.807, 2.05) is 36.4 Å². The standard InChI is InChI=1S/C17H16N4OS/c1-2-23-16-9-8-13(10-18-16)17(22)20-14-11-19-21(12-14)15-6-4-3-5-7-15/h3-12H,2H2,1H3,(H,20,22). The number of hydrogen-bond donors (Lipinski definition) is 1. The van der Waals surface area contributed by atoms with Gasteiger partial charge >= 0.3 is 0 Å². The SMILES string of the molecule is CCSc1ccc(C(=O)Nc2cnn(-c3ccccc3)c2)cn1. The highest BCUT2D eigenvalue weighted by molar-refractivity contribution is 7.99. The first-order valence-corrected chi connectivity index (χ1v) is 8.25. The molecule has 0 aliphatic heterocycles. The molecule has 23 heavy (non-hydrogen) atoms. The summed E-state index contributed by atoms with van der Waals surface area (Å²) in [6.07, 6.45) is 5.00. The summed E-state index contributed by atoms with van der Waals surface area (Å²) in [5, 5.41) is 8.00. The van der Waals surface area contributed by atoms with E-state index in [1.165, 1.54) is 0 Å². The summed E-state index contributed by atoms with van der Waals surface area (Å²) in [5.74, 6) is 0.759. The van der Waals surface area contributed by atoms with E-state index in [9.17, 15) is 4.79 Å². The molecule has 0 atom stereocenters. The summed E-state index contributed by atoms with van der Waals surface area (Å²) >= 11 is 1.64. The van der Waals surface area contributed by atoms with Crippen molar-refractivity contribution < 1.29 is 4.79 Å². The van der Waals surface area contributed by atoms with Crippen molar-refractivity contribution >= 4 is 23.4 Å². The van der Waals surface area contributed by atoms with Gasteiger partial charge in [-0.3, -0.25) is 4.79 Å². The summed E-state index contributed by atoms with van der Waals surface area (Å²) in [6.45, 7) is 2.07. The van der Waals surface area contributed by atoms with Gasteiger partial charge in [-0.05, 0) is 30.0 Å². The lowest BCUT2D eigenvalue weighted by molar-refractivity contribution is 0.102. The van der Waals surface area contributed by atoms with Crippen molar-refractivity contribution in [1.82, 2.24) is 14.8 Å². The van der Waals surface area contributed by atoms with E-state index < -0.39 is 0 Å². The van der Waals surface area contributed by atoms with Crippen LogP contribution >= 0.6 is 11.8 Å². The molecule has 0 unspecified atom stereocenters. The van der Waals surface area contributed by atoms with E-state index in [-0.39, 0.29) is 5.91 Å². The fraction of sp³-hybridized carbons (Fsp3) is 0.118. The zero-order valence-electron chi connectivity index (χ0n) is 12.6. The highest BCUT2D eigenvalue weighted by atomic mass is 32.2. The van der Waals surface area contributed by atoms with Crippen LogP contribution in [0, 0.1) is 0 Å². The normalized spacial score (nSPS) is 10.5. The smallest absolute Gasteiger partial charge is 0.257 e. The van der Waals surface area contributed by atoms with Crippen molar-refractivity contribution in [3.63, 3.8) is 0 Å². The van der Waals surface area contributed by atoms with Gasteiger partial charge in [-0.2, -0.15) is 5.10 Å². The minimum atomic E-state index is -0.196.